The molecule has 5 nitrogen and oxygen atoms in total. The number of aromatic carboxylic acids is 1. The van der Waals surface area contributed by atoms with E-state index in [0.717, 1.165) is 23.5 Å². The van der Waals surface area contributed by atoms with E-state index in [9.17, 15) is 17.6 Å². The third-order valence-corrected chi connectivity index (χ3v) is 4.60. The fourth-order valence-electron chi connectivity index (χ4n) is 1.34. The van der Waals surface area contributed by atoms with Crippen LogP contribution in [0.25, 0.3) is 0 Å². The number of hydrogen-bond acceptors (Lipinski definition) is 4. The standard InChI is InChI=1S/C11H8FNO4S2/c12-7-2-1-3-8(4-7)13-19(16,17)9-5-10(11(14)15)18-6-9/h1-6,13H,(H,14,15). The smallest absolute Gasteiger partial charge is 0.345 e. The molecule has 0 fully saturated rings. The molecule has 1 heterocycles. The first-order valence-electron chi connectivity index (χ1n) is 4.99. The summed E-state index contributed by atoms with van der Waals surface area (Å²) in [6, 6.07) is 6.02. The second kappa shape index (κ2) is 4.98. The van der Waals surface area contributed by atoms with Crippen molar-refractivity contribution < 1.29 is 22.7 Å². The summed E-state index contributed by atoms with van der Waals surface area (Å²) < 4.78 is 39.0. The van der Waals surface area contributed by atoms with Crippen molar-refractivity contribution in [3.8, 4) is 0 Å². The summed E-state index contributed by atoms with van der Waals surface area (Å²) in [4.78, 5) is 10.4. The van der Waals surface area contributed by atoms with Gasteiger partial charge in [-0.15, -0.1) is 11.3 Å². The Kier molecular flexibility index (Phi) is 3.54. The molecule has 0 aliphatic carbocycles. The molecule has 0 unspecified atom stereocenters. The summed E-state index contributed by atoms with van der Waals surface area (Å²) in [6.45, 7) is 0. The minimum atomic E-state index is -3.91. The molecule has 100 valence electrons. The van der Waals surface area contributed by atoms with Gasteiger partial charge in [-0.05, 0) is 24.3 Å². The molecule has 0 amide bonds. The highest BCUT2D eigenvalue weighted by atomic mass is 32.2. The lowest BCUT2D eigenvalue weighted by Gasteiger charge is -2.05. The number of carboxylic acid groups (broad SMARTS) is 1. The van der Waals surface area contributed by atoms with Crippen molar-refractivity contribution in [2.45, 2.75) is 4.90 Å². The van der Waals surface area contributed by atoms with Crippen LogP contribution in [0.1, 0.15) is 9.67 Å². The Morgan fingerprint density at radius 1 is 1.32 bits per heavy atom. The summed E-state index contributed by atoms with van der Waals surface area (Å²) in [5.41, 5.74) is 0.0723. The van der Waals surface area contributed by atoms with Crippen molar-refractivity contribution in [2.24, 2.45) is 0 Å². The molecule has 2 N–H and O–H groups in total. The lowest BCUT2D eigenvalue weighted by atomic mass is 10.3. The molecule has 0 saturated carbocycles. The third-order valence-electron chi connectivity index (χ3n) is 2.17. The normalized spacial score (nSPS) is 11.2. The quantitative estimate of drug-likeness (QED) is 0.908. The number of rotatable bonds is 4. The highest BCUT2D eigenvalue weighted by Gasteiger charge is 2.18. The lowest BCUT2D eigenvalue weighted by Crippen LogP contribution is -2.12. The van der Waals surface area contributed by atoms with E-state index in [2.05, 4.69) is 4.72 Å². The van der Waals surface area contributed by atoms with E-state index in [-0.39, 0.29) is 15.5 Å². The topological polar surface area (TPSA) is 83.5 Å². The Bertz CT molecular complexity index is 724. The van der Waals surface area contributed by atoms with Crippen molar-refractivity contribution in [2.75, 3.05) is 4.72 Å². The average molecular weight is 301 g/mol. The maximum atomic E-state index is 12.9. The van der Waals surface area contributed by atoms with E-state index < -0.39 is 21.8 Å². The number of sulfonamides is 1. The molecular formula is C11H8FNO4S2. The highest BCUT2D eigenvalue weighted by Crippen LogP contribution is 2.22. The number of halogens is 1. The van der Waals surface area contributed by atoms with Crippen molar-refractivity contribution in [1.29, 1.82) is 0 Å². The van der Waals surface area contributed by atoms with Gasteiger partial charge in [0, 0.05) is 5.38 Å². The second-order valence-corrected chi connectivity index (χ2v) is 6.16. The van der Waals surface area contributed by atoms with Crippen LogP contribution in [0, 0.1) is 5.82 Å². The molecule has 2 aromatic rings. The van der Waals surface area contributed by atoms with Crippen LogP contribution in [0.15, 0.2) is 40.6 Å². The van der Waals surface area contributed by atoms with Gasteiger partial charge < -0.3 is 5.11 Å². The number of carboxylic acids is 1. The zero-order chi connectivity index (χ0) is 14.0. The van der Waals surface area contributed by atoms with Crippen molar-refractivity contribution >= 4 is 33.0 Å². The van der Waals surface area contributed by atoms with Crippen molar-refractivity contribution in [3.05, 3.63) is 46.4 Å². The first kappa shape index (κ1) is 13.5. The van der Waals surface area contributed by atoms with E-state index in [0.29, 0.717) is 0 Å². The number of benzene rings is 1. The number of nitrogens with one attached hydrogen (secondary N) is 1. The van der Waals surface area contributed by atoms with Gasteiger partial charge in [0.15, 0.2) is 0 Å². The molecule has 1 aromatic carbocycles. The molecule has 0 spiro atoms. The van der Waals surface area contributed by atoms with E-state index in [1.54, 1.807) is 0 Å². The van der Waals surface area contributed by atoms with Gasteiger partial charge in [-0.1, -0.05) is 6.07 Å². The van der Waals surface area contributed by atoms with Gasteiger partial charge in [0.25, 0.3) is 10.0 Å². The summed E-state index contributed by atoms with van der Waals surface area (Å²) in [7, 11) is -3.91. The first-order chi connectivity index (χ1) is 8.88. The Labute approximate surface area is 112 Å². The SMILES string of the molecule is O=C(O)c1cc(S(=O)(=O)Nc2cccc(F)c2)cs1. The van der Waals surface area contributed by atoms with Gasteiger partial charge in [-0.2, -0.15) is 0 Å². The predicted octanol–water partition coefficient (Wildman–Crippen LogP) is 2.39. The van der Waals surface area contributed by atoms with Crippen molar-refractivity contribution in [1.82, 2.24) is 0 Å². The summed E-state index contributed by atoms with van der Waals surface area (Å²) >= 11 is 0.805. The Hall–Kier alpha value is -1.93. The maximum absolute atomic E-state index is 12.9. The molecule has 0 bridgehead atoms. The fourth-order valence-corrected chi connectivity index (χ4v) is 3.50. The molecule has 8 heteroatoms. The molecule has 0 aliphatic heterocycles. The van der Waals surface area contributed by atoms with Gasteiger partial charge in [0.05, 0.1) is 10.6 Å². The van der Waals surface area contributed by atoms with Crippen LogP contribution in [0.5, 0.6) is 0 Å². The third kappa shape index (κ3) is 3.09. The van der Waals surface area contributed by atoms with Crippen LogP contribution < -0.4 is 4.72 Å². The molecule has 2 rings (SSSR count). The summed E-state index contributed by atoms with van der Waals surface area (Å²) in [6.07, 6.45) is 0. The molecule has 0 saturated heterocycles. The van der Waals surface area contributed by atoms with Gasteiger partial charge in [0.2, 0.25) is 0 Å². The number of carbonyl (C=O) groups is 1. The van der Waals surface area contributed by atoms with E-state index in [1.165, 1.54) is 23.6 Å². The van der Waals surface area contributed by atoms with Gasteiger partial charge in [-0.25, -0.2) is 17.6 Å². The fraction of sp³-hybridized carbons (Fsp3) is 0. The van der Waals surface area contributed by atoms with Crippen LogP contribution in [-0.4, -0.2) is 19.5 Å². The Balaban J connectivity index is 2.29. The zero-order valence-corrected chi connectivity index (χ0v) is 11.0. The van der Waals surface area contributed by atoms with E-state index >= 15 is 0 Å². The number of hydrogen-bond donors (Lipinski definition) is 2. The molecule has 19 heavy (non-hydrogen) atoms. The van der Waals surface area contributed by atoms with E-state index in [4.69, 9.17) is 5.11 Å². The largest absolute Gasteiger partial charge is 0.477 e. The monoisotopic (exact) mass is 301 g/mol. The van der Waals surface area contributed by atoms with Crippen LogP contribution in [0.2, 0.25) is 0 Å². The van der Waals surface area contributed by atoms with Crippen LogP contribution in [-0.2, 0) is 10.0 Å². The van der Waals surface area contributed by atoms with Crippen LogP contribution in [0.3, 0.4) is 0 Å². The maximum Gasteiger partial charge on any atom is 0.345 e. The summed E-state index contributed by atoms with van der Waals surface area (Å²) in [5.74, 6) is -1.77. The minimum absolute atomic E-state index is 0.0723. The van der Waals surface area contributed by atoms with Gasteiger partial charge in [-0.3, -0.25) is 4.72 Å². The lowest BCUT2D eigenvalue weighted by molar-refractivity contribution is 0.0702. The first-order valence-corrected chi connectivity index (χ1v) is 7.35. The predicted molar refractivity (Wildman–Crippen MR) is 68.5 cm³/mol. The molecule has 0 atom stereocenters. The zero-order valence-electron chi connectivity index (χ0n) is 9.33. The van der Waals surface area contributed by atoms with Gasteiger partial charge >= 0.3 is 5.97 Å². The molecule has 0 aliphatic rings. The molecule has 0 radical (unpaired) electrons. The van der Waals surface area contributed by atoms with Gasteiger partial charge in [0.1, 0.15) is 10.7 Å². The Morgan fingerprint density at radius 3 is 2.63 bits per heavy atom. The molecule has 1 aromatic heterocycles. The Morgan fingerprint density at radius 2 is 2.05 bits per heavy atom. The number of anilines is 1. The minimum Gasteiger partial charge on any atom is -0.477 e. The highest BCUT2D eigenvalue weighted by molar-refractivity contribution is 7.92. The number of thiophene rings is 1. The average Bonchev–Trinajstić information content (AvgIpc) is 2.78. The second-order valence-electron chi connectivity index (χ2n) is 3.57. The molecular weight excluding hydrogens is 293 g/mol. The van der Waals surface area contributed by atoms with Crippen molar-refractivity contribution in [3.63, 3.8) is 0 Å². The summed E-state index contributed by atoms with van der Waals surface area (Å²) in [5, 5.41) is 9.95. The van der Waals surface area contributed by atoms with E-state index in [1.807, 2.05) is 0 Å². The van der Waals surface area contributed by atoms with Crippen LogP contribution >= 0.6 is 11.3 Å². The van der Waals surface area contributed by atoms with Crippen LogP contribution in [0.4, 0.5) is 10.1 Å².